The van der Waals surface area contributed by atoms with Gasteiger partial charge in [0.05, 0.1) is 17.8 Å². The van der Waals surface area contributed by atoms with Gasteiger partial charge >= 0.3 is 0 Å². The molecule has 0 bridgehead atoms. The lowest BCUT2D eigenvalue weighted by atomic mass is 9.91. The zero-order valence-electron chi connectivity index (χ0n) is 16.3. The number of benzene rings is 1. The normalized spacial score (nSPS) is 25.2. The van der Waals surface area contributed by atoms with Gasteiger partial charge in [0.25, 0.3) is 5.91 Å². The zero-order chi connectivity index (χ0) is 19.0. The number of hydrogen-bond donors (Lipinski definition) is 0. The third-order valence-corrected chi connectivity index (χ3v) is 5.53. The number of morpholine rings is 1. The van der Waals surface area contributed by atoms with Crippen LogP contribution in [-0.4, -0.2) is 42.7 Å². The minimum atomic E-state index is 0.0251. The minimum absolute atomic E-state index is 0.0251. The van der Waals surface area contributed by atoms with Crippen molar-refractivity contribution in [2.45, 2.75) is 45.3 Å². The maximum absolute atomic E-state index is 13.1. The number of ether oxygens (including phenoxy) is 1. The molecule has 4 rings (SSSR count). The molecule has 142 valence electrons. The molecule has 5 nitrogen and oxygen atoms in total. The van der Waals surface area contributed by atoms with Crippen LogP contribution < -0.4 is 9.80 Å². The average molecular weight is 365 g/mol. The molecule has 0 aliphatic carbocycles. The van der Waals surface area contributed by atoms with Gasteiger partial charge in [0.1, 0.15) is 5.82 Å². The second kappa shape index (κ2) is 7.31. The Bertz CT molecular complexity index is 811. The van der Waals surface area contributed by atoms with Gasteiger partial charge in [-0.1, -0.05) is 25.1 Å². The van der Waals surface area contributed by atoms with E-state index in [2.05, 4.69) is 36.7 Å². The van der Waals surface area contributed by atoms with Gasteiger partial charge in [0.2, 0.25) is 0 Å². The summed E-state index contributed by atoms with van der Waals surface area (Å²) in [5.41, 5.74) is 2.91. The predicted octanol–water partition coefficient (Wildman–Crippen LogP) is 3.85. The standard InChI is InChI=1S/C22H27N3O2/c1-15-10-11-25(20-7-5-4-6-19(15)20)22(26)18-8-9-21(23-12-18)24-13-16(2)27-17(3)14-24/h4-9,12,15-17H,10-11,13-14H2,1-3H3/t15-,16-,17+/m1/s1. The highest BCUT2D eigenvalue weighted by atomic mass is 16.5. The molecular formula is C22H27N3O2. The number of para-hydroxylation sites is 1. The van der Waals surface area contributed by atoms with Crippen molar-refractivity contribution in [2.75, 3.05) is 29.4 Å². The first-order valence-corrected chi connectivity index (χ1v) is 9.80. The third-order valence-electron chi connectivity index (χ3n) is 5.53. The number of carbonyl (C=O) groups excluding carboxylic acids is 1. The fraction of sp³-hybridized carbons (Fsp3) is 0.455. The molecule has 3 atom stereocenters. The van der Waals surface area contributed by atoms with Gasteiger partial charge in [-0.2, -0.15) is 0 Å². The molecule has 0 spiro atoms. The van der Waals surface area contributed by atoms with E-state index in [1.54, 1.807) is 6.20 Å². The molecule has 3 heterocycles. The lowest BCUT2D eigenvalue weighted by Crippen LogP contribution is -2.45. The van der Waals surface area contributed by atoms with E-state index in [0.29, 0.717) is 11.5 Å². The van der Waals surface area contributed by atoms with Gasteiger partial charge in [-0.25, -0.2) is 4.98 Å². The SMILES string of the molecule is C[C@@H]1CN(c2ccc(C(=O)N3CC[C@@H](C)c4ccccc43)cn2)C[C@H](C)O1. The third kappa shape index (κ3) is 3.56. The molecule has 1 amide bonds. The Balaban J connectivity index is 1.54. The van der Waals surface area contributed by atoms with Gasteiger partial charge in [-0.3, -0.25) is 4.79 Å². The number of amides is 1. The first kappa shape index (κ1) is 18.0. The van der Waals surface area contributed by atoms with Crippen molar-refractivity contribution < 1.29 is 9.53 Å². The Labute approximate surface area is 161 Å². The van der Waals surface area contributed by atoms with Crippen LogP contribution in [0.4, 0.5) is 11.5 Å². The molecule has 2 aliphatic heterocycles. The van der Waals surface area contributed by atoms with E-state index in [-0.39, 0.29) is 18.1 Å². The number of hydrogen-bond acceptors (Lipinski definition) is 4. The number of nitrogens with zero attached hydrogens (tertiary/aromatic N) is 3. The van der Waals surface area contributed by atoms with Crippen LogP contribution in [-0.2, 0) is 4.74 Å². The summed E-state index contributed by atoms with van der Waals surface area (Å²) in [6.07, 6.45) is 3.06. The van der Waals surface area contributed by atoms with Crippen LogP contribution in [0.5, 0.6) is 0 Å². The van der Waals surface area contributed by atoms with Gasteiger partial charge in [0.15, 0.2) is 0 Å². The first-order valence-electron chi connectivity index (χ1n) is 9.80. The molecule has 1 fully saturated rings. The van der Waals surface area contributed by atoms with E-state index in [1.807, 2.05) is 35.2 Å². The summed E-state index contributed by atoms with van der Waals surface area (Å²) < 4.78 is 5.79. The largest absolute Gasteiger partial charge is 0.372 e. The van der Waals surface area contributed by atoms with Crippen LogP contribution >= 0.6 is 0 Å². The summed E-state index contributed by atoms with van der Waals surface area (Å²) in [5.74, 6) is 1.41. The van der Waals surface area contributed by atoms with E-state index < -0.39 is 0 Å². The summed E-state index contributed by atoms with van der Waals surface area (Å²) in [4.78, 5) is 21.8. The lowest BCUT2D eigenvalue weighted by Gasteiger charge is -2.36. The Hall–Kier alpha value is -2.40. The van der Waals surface area contributed by atoms with Crippen molar-refractivity contribution >= 4 is 17.4 Å². The summed E-state index contributed by atoms with van der Waals surface area (Å²) in [6, 6.07) is 12.1. The molecule has 2 aliphatic rings. The van der Waals surface area contributed by atoms with Gasteiger partial charge < -0.3 is 14.5 Å². The van der Waals surface area contributed by atoms with E-state index in [0.717, 1.165) is 37.6 Å². The molecule has 2 aromatic rings. The number of fused-ring (bicyclic) bond motifs is 1. The van der Waals surface area contributed by atoms with Crippen LogP contribution in [0.15, 0.2) is 42.6 Å². The molecule has 1 aromatic heterocycles. The fourth-order valence-corrected chi connectivity index (χ4v) is 4.18. The molecule has 1 aromatic carbocycles. The smallest absolute Gasteiger partial charge is 0.259 e. The fourth-order valence-electron chi connectivity index (χ4n) is 4.18. The van der Waals surface area contributed by atoms with Crippen LogP contribution in [0.2, 0.25) is 0 Å². The van der Waals surface area contributed by atoms with Crippen LogP contribution in [0.1, 0.15) is 49.0 Å². The lowest BCUT2D eigenvalue weighted by molar-refractivity contribution is -0.00546. The number of aromatic nitrogens is 1. The topological polar surface area (TPSA) is 45.7 Å². The van der Waals surface area contributed by atoms with Crippen LogP contribution in [0.3, 0.4) is 0 Å². The summed E-state index contributed by atoms with van der Waals surface area (Å²) in [6.45, 7) is 8.77. The number of carbonyl (C=O) groups is 1. The highest BCUT2D eigenvalue weighted by molar-refractivity contribution is 6.06. The first-order chi connectivity index (χ1) is 13.0. The van der Waals surface area contributed by atoms with Crippen molar-refractivity contribution in [1.82, 2.24) is 4.98 Å². The molecule has 0 N–H and O–H groups in total. The maximum atomic E-state index is 13.1. The van der Waals surface area contributed by atoms with E-state index >= 15 is 0 Å². The second-order valence-electron chi connectivity index (χ2n) is 7.77. The van der Waals surface area contributed by atoms with Crippen molar-refractivity contribution in [1.29, 1.82) is 0 Å². The monoisotopic (exact) mass is 365 g/mol. The number of anilines is 2. The quantitative estimate of drug-likeness (QED) is 0.811. The second-order valence-corrected chi connectivity index (χ2v) is 7.77. The summed E-state index contributed by atoms with van der Waals surface area (Å²) in [5, 5.41) is 0. The molecule has 5 heteroatoms. The van der Waals surface area contributed by atoms with E-state index in [4.69, 9.17) is 4.74 Å². The van der Waals surface area contributed by atoms with Crippen molar-refractivity contribution in [3.05, 3.63) is 53.7 Å². The average Bonchev–Trinajstić information content (AvgIpc) is 2.67. The minimum Gasteiger partial charge on any atom is -0.372 e. The van der Waals surface area contributed by atoms with Gasteiger partial charge in [-0.05, 0) is 49.9 Å². The van der Waals surface area contributed by atoms with E-state index in [1.165, 1.54) is 5.56 Å². The van der Waals surface area contributed by atoms with Crippen LogP contribution in [0.25, 0.3) is 0 Å². The molecular weight excluding hydrogens is 338 g/mol. The molecule has 0 radical (unpaired) electrons. The molecule has 27 heavy (non-hydrogen) atoms. The van der Waals surface area contributed by atoms with Crippen LogP contribution in [0, 0.1) is 0 Å². The molecule has 0 saturated carbocycles. The van der Waals surface area contributed by atoms with Crippen molar-refractivity contribution in [3.8, 4) is 0 Å². The predicted molar refractivity (Wildman–Crippen MR) is 108 cm³/mol. The van der Waals surface area contributed by atoms with Crippen molar-refractivity contribution in [3.63, 3.8) is 0 Å². The number of rotatable bonds is 2. The Morgan fingerprint density at radius 1 is 1.07 bits per heavy atom. The van der Waals surface area contributed by atoms with Gasteiger partial charge in [0, 0.05) is 31.5 Å². The summed E-state index contributed by atoms with van der Waals surface area (Å²) in [7, 11) is 0. The highest BCUT2D eigenvalue weighted by Gasteiger charge is 2.28. The highest BCUT2D eigenvalue weighted by Crippen LogP contribution is 2.35. The Kier molecular flexibility index (Phi) is 4.87. The Morgan fingerprint density at radius 2 is 1.81 bits per heavy atom. The maximum Gasteiger partial charge on any atom is 0.259 e. The van der Waals surface area contributed by atoms with E-state index in [9.17, 15) is 4.79 Å². The molecule has 0 unspecified atom stereocenters. The van der Waals surface area contributed by atoms with Gasteiger partial charge in [-0.15, -0.1) is 0 Å². The molecule has 1 saturated heterocycles. The number of pyridine rings is 1. The van der Waals surface area contributed by atoms with Crippen molar-refractivity contribution in [2.24, 2.45) is 0 Å². The zero-order valence-corrected chi connectivity index (χ0v) is 16.3. The Morgan fingerprint density at radius 3 is 2.52 bits per heavy atom. The summed E-state index contributed by atoms with van der Waals surface area (Å²) >= 11 is 0.